The Balaban J connectivity index is 1.82. The fourth-order valence-electron chi connectivity index (χ4n) is 4.04. The first kappa shape index (κ1) is 15.3. The van der Waals surface area contributed by atoms with Gasteiger partial charge in [-0.3, -0.25) is 0 Å². The van der Waals surface area contributed by atoms with E-state index in [2.05, 4.69) is 26.1 Å². The first-order chi connectivity index (χ1) is 9.00. The predicted molar refractivity (Wildman–Crippen MR) is 81.4 cm³/mol. The third kappa shape index (κ3) is 4.19. The fraction of sp³-hybridized carbons (Fsp3) is 1.00. The van der Waals surface area contributed by atoms with Crippen LogP contribution in [0.3, 0.4) is 0 Å². The Hall–Kier alpha value is -0.0800. The lowest BCUT2D eigenvalue weighted by atomic mass is 9.76. The number of methoxy groups -OCH3 is 1. The highest BCUT2D eigenvalue weighted by Gasteiger charge is 2.31. The van der Waals surface area contributed by atoms with Crippen LogP contribution in [0.4, 0.5) is 0 Å². The van der Waals surface area contributed by atoms with Gasteiger partial charge < -0.3 is 10.1 Å². The van der Waals surface area contributed by atoms with Crippen molar-refractivity contribution in [3.05, 3.63) is 0 Å². The molecule has 0 radical (unpaired) electrons. The summed E-state index contributed by atoms with van der Waals surface area (Å²) in [5.41, 5.74) is 0.483. The fourth-order valence-corrected chi connectivity index (χ4v) is 4.04. The minimum absolute atomic E-state index is 0.460. The van der Waals surface area contributed by atoms with Crippen molar-refractivity contribution in [2.45, 2.75) is 90.3 Å². The maximum absolute atomic E-state index is 5.61. The van der Waals surface area contributed by atoms with Crippen LogP contribution in [-0.4, -0.2) is 25.3 Å². The summed E-state index contributed by atoms with van der Waals surface area (Å²) in [4.78, 5) is 0. The Morgan fingerprint density at radius 1 is 0.895 bits per heavy atom. The minimum Gasteiger partial charge on any atom is -0.380 e. The molecule has 2 fully saturated rings. The highest BCUT2D eigenvalue weighted by molar-refractivity contribution is 4.88. The third-order valence-electron chi connectivity index (χ3n) is 5.40. The van der Waals surface area contributed by atoms with Crippen LogP contribution in [0.1, 0.15) is 72.1 Å². The molecule has 2 nitrogen and oxygen atoms in total. The second-order valence-corrected chi connectivity index (χ2v) is 7.75. The number of rotatable bonds is 3. The summed E-state index contributed by atoms with van der Waals surface area (Å²) in [7, 11) is 1.87. The molecule has 2 saturated carbocycles. The van der Waals surface area contributed by atoms with Gasteiger partial charge in [0.05, 0.1) is 6.10 Å². The molecule has 19 heavy (non-hydrogen) atoms. The quantitative estimate of drug-likeness (QED) is 0.776. The first-order valence-electron chi connectivity index (χ1n) is 8.29. The van der Waals surface area contributed by atoms with Gasteiger partial charge in [-0.2, -0.15) is 0 Å². The minimum atomic E-state index is 0.460. The van der Waals surface area contributed by atoms with Gasteiger partial charge in [0, 0.05) is 19.2 Å². The van der Waals surface area contributed by atoms with Gasteiger partial charge in [-0.25, -0.2) is 0 Å². The van der Waals surface area contributed by atoms with Gasteiger partial charge in [-0.15, -0.1) is 0 Å². The average Bonchev–Trinajstić information content (AvgIpc) is 2.63. The molecular weight excluding hydrogens is 234 g/mol. The maximum Gasteiger partial charge on any atom is 0.0724 e. The van der Waals surface area contributed by atoms with E-state index < -0.39 is 0 Å². The predicted octanol–water partition coefficient (Wildman–Crippen LogP) is 4.14. The molecule has 0 aliphatic heterocycles. The van der Waals surface area contributed by atoms with Crippen LogP contribution in [0.5, 0.6) is 0 Å². The molecule has 0 aromatic heterocycles. The molecular formula is C17H33NO. The zero-order chi connectivity index (χ0) is 13.9. The van der Waals surface area contributed by atoms with Crippen molar-refractivity contribution in [1.82, 2.24) is 5.32 Å². The summed E-state index contributed by atoms with van der Waals surface area (Å²) < 4.78 is 5.61. The molecule has 2 aliphatic rings. The van der Waals surface area contributed by atoms with Crippen molar-refractivity contribution < 1.29 is 4.74 Å². The lowest BCUT2D eigenvalue weighted by Gasteiger charge is -2.30. The molecule has 0 aromatic rings. The van der Waals surface area contributed by atoms with Crippen molar-refractivity contribution in [2.24, 2.45) is 11.3 Å². The Morgan fingerprint density at radius 3 is 2.32 bits per heavy atom. The number of hydrogen-bond acceptors (Lipinski definition) is 2. The monoisotopic (exact) mass is 267 g/mol. The average molecular weight is 267 g/mol. The molecule has 0 spiro atoms. The number of hydrogen-bond donors (Lipinski definition) is 1. The summed E-state index contributed by atoms with van der Waals surface area (Å²) in [6, 6.07) is 1.34. The van der Waals surface area contributed by atoms with E-state index in [1.54, 1.807) is 0 Å². The molecule has 112 valence electrons. The lowest BCUT2D eigenvalue weighted by Crippen LogP contribution is -2.43. The van der Waals surface area contributed by atoms with Crippen molar-refractivity contribution in [1.29, 1.82) is 0 Å². The van der Waals surface area contributed by atoms with E-state index in [-0.39, 0.29) is 0 Å². The smallest absolute Gasteiger partial charge is 0.0724 e. The van der Waals surface area contributed by atoms with Crippen LogP contribution in [0, 0.1) is 11.3 Å². The van der Waals surface area contributed by atoms with Gasteiger partial charge >= 0.3 is 0 Å². The van der Waals surface area contributed by atoms with E-state index in [0.717, 1.165) is 12.0 Å². The zero-order valence-electron chi connectivity index (χ0n) is 13.4. The standard InChI is InChI=1S/C17H33NO/c1-17(2,3)13-7-5-8-14(12-11-13)18-15-9-6-10-16(15)19-4/h13-16,18H,5-12H2,1-4H3. The highest BCUT2D eigenvalue weighted by Crippen LogP contribution is 2.37. The molecule has 0 aromatic carbocycles. The normalized spacial score (nSPS) is 37.3. The molecule has 4 atom stereocenters. The van der Waals surface area contributed by atoms with Crippen LogP contribution in [0.15, 0.2) is 0 Å². The Labute approximate surface area is 119 Å². The van der Waals surface area contributed by atoms with E-state index >= 15 is 0 Å². The van der Waals surface area contributed by atoms with Crippen LogP contribution in [0.2, 0.25) is 0 Å². The molecule has 0 bridgehead atoms. The molecule has 0 heterocycles. The lowest BCUT2D eigenvalue weighted by molar-refractivity contribution is 0.0802. The maximum atomic E-state index is 5.61. The zero-order valence-corrected chi connectivity index (χ0v) is 13.4. The van der Waals surface area contributed by atoms with Crippen molar-refractivity contribution in [3.8, 4) is 0 Å². The molecule has 2 heteroatoms. The topological polar surface area (TPSA) is 21.3 Å². The molecule has 0 amide bonds. The molecule has 2 aliphatic carbocycles. The first-order valence-corrected chi connectivity index (χ1v) is 8.29. The summed E-state index contributed by atoms with van der Waals surface area (Å²) in [5.74, 6) is 0.904. The Morgan fingerprint density at radius 2 is 1.63 bits per heavy atom. The molecule has 2 rings (SSSR count). The summed E-state index contributed by atoms with van der Waals surface area (Å²) in [6.45, 7) is 7.22. The summed E-state index contributed by atoms with van der Waals surface area (Å²) in [6.07, 6.45) is 11.3. The summed E-state index contributed by atoms with van der Waals surface area (Å²) >= 11 is 0. The van der Waals surface area contributed by atoms with Gasteiger partial charge in [0.1, 0.15) is 0 Å². The van der Waals surface area contributed by atoms with Gasteiger partial charge in [0.2, 0.25) is 0 Å². The molecule has 0 saturated heterocycles. The Bertz CT molecular complexity index is 271. The van der Waals surface area contributed by atoms with Crippen molar-refractivity contribution in [3.63, 3.8) is 0 Å². The van der Waals surface area contributed by atoms with E-state index in [9.17, 15) is 0 Å². The van der Waals surface area contributed by atoms with E-state index in [0.29, 0.717) is 17.6 Å². The van der Waals surface area contributed by atoms with E-state index in [1.165, 1.54) is 51.4 Å². The van der Waals surface area contributed by atoms with Gasteiger partial charge in [0.15, 0.2) is 0 Å². The van der Waals surface area contributed by atoms with Gasteiger partial charge in [-0.1, -0.05) is 27.2 Å². The SMILES string of the molecule is COC1CCCC1NC1CCCC(C(C)(C)C)CC1. The largest absolute Gasteiger partial charge is 0.380 e. The molecule has 1 N–H and O–H groups in total. The highest BCUT2D eigenvalue weighted by atomic mass is 16.5. The van der Waals surface area contributed by atoms with E-state index in [4.69, 9.17) is 4.74 Å². The third-order valence-corrected chi connectivity index (χ3v) is 5.40. The van der Waals surface area contributed by atoms with E-state index in [1.807, 2.05) is 7.11 Å². The number of ether oxygens (including phenoxy) is 1. The van der Waals surface area contributed by atoms with Crippen LogP contribution in [0.25, 0.3) is 0 Å². The van der Waals surface area contributed by atoms with Crippen LogP contribution >= 0.6 is 0 Å². The van der Waals surface area contributed by atoms with Crippen LogP contribution < -0.4 is 5.32 Å². The second kappa shape index (κ2) is 6.58. The van der Waals surface area contributed by atoms with Gasteiger partial charge in [0.25, 0.3) is 0 Å². The van der Waals surface area contributed by atoms with Gasteiger partial charge in [-0.05, 0) is 56.3 Å². The summed E-state index contributed by atoms with van der Waals surface area (Å²) in [5, 5.41) is 3.91. The second-order valence-electron chi connectivity index (χ2n) is 7.75. The molecule has 4 unspecified atom stereocenters. The number of nitrogens with one attached hydrogen (secondary N) is 1. The van der Waals surface area contributed by atoms with Crippen LogP contribution in [-0.2, 0) is 4.74 Å². The Kier molecular flexibility index (Phi) is 5.30. The van der Waals surface area contributed by atoms with Crippen molar-refractivity contribution >= 4 is 0 Å². The van der Waals surface area contributed by atoms with Crippen molar-refractivity contribution in [2.75, 3.05) is 7.11 Å².